The number of rotatable bonds is 6. The van der Waals surface area contributed by atoms with Gasteiger partial charge in [-0.15, -0.1) is 11.3 Å². The summed E-state index contributed by atoms with van der Waals surface area (Å²) in [7, 11) is 1.71. The molecule has 20 heavy (non-hydrogen) atoms. The topological polar surface area (TPSA) is 51.4 Å². The fraction of sp³-hybridized carbons (Fsp3) is 0.800. The summed E-state index contributed by atoms with van der Waals surface area (Å²) < 4.78 is 5.22. The number of thiazole rings is 1. The van der Waals surface area contributed by atoms with E-state index in [0.29, 0.717) is 6.61 Å². The van der Waals surface area contributed by atoms with E-state index in [9.17, 15) is 0 Å². The van der Waals surface area contributed by atoms with Crippen LogP contribution in [0.15, 0.2) is 0 Å². The highest BCUT2D eigenvalue weighted by atomic mass is 32.1. The average molecular weight is 297 g/mol. The predicted octanol–water partition coefficient (Wildman–Crippen LogP) is 2.58. The molecule has 1 saturated heterocycles. The lowest BCUT2D eigenvalue weighted by molar-refractivity contribution is 0.180. The predicted molar refractivity (Wildman–Crippen MR) is 84.0 cm³/mol. The summed E-state index contributed by atoms with van der Waals surface area (Å²) >= 11 is 1.75. The van der Waals surface area contributed by atoms with Gasteiger partial charge in [-0.2, -0.15) is 0 Å². The third kappa shape index (κ3) is 4.25. The molecule has 2 atom stereocenters. The molecule has 2 heterocycles. The van der Waals surface area contributed by atoms with Crippen molar-refractivity contribution >= 4 is 11.3 Å². The maximum absolute atomic E-state index is 6.02. The molecule has 1 aromatic rings. The molecular formula is C15H27N3OS. The van der Waals surface area contributed by atoms with Crippen molar-refractivity contribution in [2.75, 3.05) is 26.7 Å². The minimum Gasteiger partial charge on any atom is -0.378 e. The molecule has 2 N–H and O–H groups in total. The molecular weight excluding hydrogens is 270 g/mol. The van der Waals surface area contributed by atoms with Crippen molar-refractivity contribution < 1.29 is 4.74 Å². The maximum Gasteiger partial charge on any atom is 0.0945 e. The van der Waals surface area contributed by atoms with Crippen molar-refractivity contribution in [2.24, 2.45) is 11.7 Å². The van der Waals surface area contributed by atoms with E-state index in [1.165, 1.54) is 35.8 Å². The number of aromatic nitrogens is 1. The Morgan fingerprint density at radius 3 is 3.00 bits per heavy atom. The zero-order valence-electron chi connectivity index (χ0n) is 12.9. The summed E-state index contributed by atoms with van der Waals surface area (Å²) in [5, 5.41) is 1.20. The fourth-order valence-corrected chi connectivity index (χ4v) is 3.87. The smallest absolute Gasteiger partial charge is 0.0945 e. The molecule has 1 aliphatic rings. The lowest BCUT2D eigenvalue weighted by atomic mass is 10.0. The van der Waals surface area contributed by atoms with E-state index in [1.54, 1.807) is 18.4 Å². The normalized spacial score (nSPS) is 22.1. The third-order valence-corrected chi connectivity index (χ3v) is 5.21. The maximum atomic E-state index is 6.02. The van der Waals surface area contributed by atoms with Crippen LogP contribution in [0.5, 0.6) is 0 Å². The van der Waals surface area contributed by atoms with Crippen LogP contribution in [0.25, 0.3) is 0 Å². The largest absolute Gasteiger partial charge is 0.378 e. The van der Waals surface area contributed by atoms with Gasteiger partial charge in [0.05, 0.1) is 17.3 Å². The van der Waals surface area contributed by atoms with Crippen molar-refractivity contribution in [1.29, 1.82) is 0 Å². The Morgan fingerprint density at radius 2 is 2.35 bits per heavy atom. The highest BCUT2D eigenvalue weighted by Gasteiger charge is 2.18. The molecule has 0 saturated carbocycles. The van der Waals surface area contributed by atoms with Gasteiger partial charge in [-0.05, 0) is 32.2 Å². The standard InChI is InChI=1S/C15H27N3OS/c1-11-5-4-7-18(9-11)8-6-14-17-13(10-19-3)15(20-14)12(2)16/h11-12H,4-10,16H2,1-3H3. The Bertz CT molecular complexity index is 419. The Hall–Kier alpha value is -0.490. The quantitative estimate of drug-likeness (QED) is 0.877. The molecule has 0 radical (unpaired) electrons. The summed E-state index contributed by atoms with van der Waals surface area (Å²) in [5.41, 5.74) is 7.04. The number of hydrogen-bond donors (Lipinski definition) is 1. The van der Waals surface area contributed by atoms with Gasteiger partial charge in [-0.1, -0.05) is 6.92 Å². The highest BCUT2D eigenvalue weighted by Crippen LogP contribution is 2.25. The summed E-state index contributed by atoms with van der Waals surface area (Å²) in [6.45, 7) is 8.51. The highest BCUT2D eigenvalue weighted by molar-refractivity contribution is 7.11. The van der Waals surface area contributed by atoms with Crippen LogP contribution in [0.1, 0.15) is 48.3 Å². The van der Waals surface area contributed by atoms with E-state index in [0.717, 1.165) is 24.6 Å². The van der Waals surface area contributed by atoms with Crippen molar-refractivity contribution in [2.45, 2.75) is 45.8 Å². The van der Waals surface area contributed by atoms with Crippen molar-refractivity contribution in [3.63, 3.8) is 0 Å². The molecule has 1 aromatic heterocycles. The monoisotopic (exact) mass is 297 g/mol. The molecule has 0 spiro atoms. The number of methoxy groups -OCH3 is 1. The number of nitrogens with two attached hydrogens (primary N) is 1. The van der Waals surface area contributed by atoms with Gasteiger partial charge in [0.25, 0.3) is 0 Å². The van der Waals surface area contributed by atoms with Crippen molar-refractivity contribution in [3.05, 3.63) is 15.6 Å². The second-order valence-electron chi connectivity index (χ2n) is 5.94. The summed E-state index contributed by atoms with van der Waals surface area (Å²) in [5.74, 6) is 0.837. The first-order valence-corrected chi connectivity index (χ1v) is 8.37. The van der Waals surface area contributed by atoms with E-state index < -0.39 is 0 Å². The molecule has 5 heteroatoms. The van der Waals surface area contributed by atoms with Crippen LogP contribution in [0, 0.1) is 5.92 Å². The molecule has 0 aromatic carbocycles. The first kappa shape index (κ1) is 15.9. The number of likely N-dealkylation sites (tertiary alicyclic amines) is 1. The lowest BCUT2D eigenvalue weighted by Gasteiger charge is -2.30. The molecule has 4 nitrogen and oxygen atoms in total. The molecule has 1 aliphatic heterocycles. The number of hydrogen-bond acceptors (Lipinski definition) is 5. The zero-order chi connectivity index (χ0) is 14.5. The third-order valence-electron chi connectivity index (χ3n) is 3.85. The second kappa shape index (κ2) is 7.50. The van der Waals surface area contributed by atoms with E-state index >= 15 is 0 Å². The van der Waals surface area contributed by atoms with Crippen LogP contribution in [0.3, 0.4) is 0 Å². The first-order chi connectivity index (χ1) is 9.60. The molecule has 114 valence electrons. The van der Waals surface area contributed by atoms with Gasteiger partial charge in [-0.3, -0.25) is 0 Å². The van der Waals surface area contributed by atoms with E-state index in [2.05, 4.69) is 11.8 Å². The lowest BCUT2D eigenvalue weighted by Crippen LogP contribution is -2.35. The molecule has 0 amide bonds. The van der Waals surface area contributed by atoms with Crippen molar-refractivity contribution in [1.82, 2.24) is 9.88 Å². The molecule has 2 rings (SSSR count). The second-order valence-corrected chi connectivity index (χ2v) is 7.05. The van der Waals surface area contributed by atoms with E-state index in [1.807, 2.05) is 6.92 Å². The number of piperidine rings is 1. The summed E-state index contributed by atoms with van der Waals surface area (Å²) in [6, 6.07) is 0.0430. The molecule has 1 fully saturated rings. The Balaban J connectivity index is 1.93. The van der Waals surface area contributed by atoms with Gasteiger partial charge in [0.2, 0.25) is 0 Å². The first-order valence-electron chi connectivity index (χ1n) is 7.55. The Kier molecular flexibility index (Phi) is 5.96. The summed E-state index contributed by atoms with van der Waals surface area (Å²) in [4.78, 5) is 8.45. The van der Waals surface area contributed by atoms with Crippen LogP contribution in [-0.2, 0) is 17.8 Å². The van der Waals surface area contributed by atoms with Crippen LogP contribution in [0.4, 0.5) is 0 Å². The van der Waals surface area contributed by atoms with Gasteiger partial charge >= 0.3 is 0 Å². The number of nitrogens with zero attached hydrogens (tertiary/aromatic N) is 2. The SMILES string of the molecule is COCc1nc(CCN2CCCC(C)C2)sc1C(C)N. The minimum atomic E-state index is 0.0430. The Morgan fingerprint density at radius 1 is 1.55 bits per heavy atom. The van der Waals surface area contributed by atoms with Crippen LogP contribution in [-0.4, -0.2) is 36.6 Å². The van der Waals surface area contributed by atoms with Crippen LogP contribution >= 0.6 is 11.3 Å². The van der Waals surface area contributed by atoms with Gasteiger partial charge in [0.1, 0.15) is 0 Å². The average Bonchev–Trinajstić information content (AvgIpc) is 2.80. The van der Waals surface area contributed by atoms with E-state index in [-0.39, 0.29) is 6.04 Å². The number of ether oxygens (including phenoxy) is 1. The van der Waals surface area contributed by atoms with E-state index in [4.69, 9.17) is 15.5 Å². The van der Waals surface area contributed by atoms with Crippen LogP contribution < -0.4 is 5.73 Å². The molecule has 0 bridgehead atoms. The van der Waals surface area contributed by atoms with Gasteiger partial charge < -0.3 is 15.4 Å². The van der Waals surface area contributed by atoms with Crippen molar-refractivity contribution in [3.8, 4) is 0 Å². The molecule has 0 aliphatic carbocycles. The fourth-order valence-electron chi connectivity index (χ4n) is 2.86. The van der Waals surface area contributed by atoms with Crippen LogP contribution in [0.2, 0.25) is 0 Å². The Labute approximate surface area is 126 Å². The summed E-state index contributed by atoms with van der Waals surface area (Å²) in [6.07, 6.45) is 3.74. The van der Waals surface area contributed by atoms with Gasteiger partial charge in [0, 0.05) is 37.5 Å². The zero-order valence-corrected chi connectivity index (χ0v) is 13.7. The van der Waals surface area contributed by atoms with Gasteiger partial charge in [0.15, 0.2) is 0 Å². The minimum absolute atomic E-state index is 0.0430. The molecule has 2 unspecified atom stereocenters. The van der Waals surface area contributed by atoms with Gasteiger partial charge in [-0.25, -0.2) is 4.98 Å².